The second kappa shape index (κ2) is 12.3. The number of allylic oxidation sites excluding steroid dienone is 1. The predicted molar refractivity (Wildman–Crippen MR) is 152 cm³/mol. The van der Waals surface area contributed by atoms with Crippen LogP contribution in [0.25, 0.3) is 10.9 Å². The molecule has 0 fully saturated rings. The van der Waals surface area contributed by atoms with Crippen LogP contribution in [0.15, 0.2) is 65.9 Å². The fourth-order valence-corrected chi connectivity index (χ4v) is 4.14. The Kier molecular flexibility index (Phi) is 8.61. The van der Waals surface area contributed by atoms with Gasteiger partial charge in [-0.3, -0.25) is 5.01 Å². The van der Waals surface area contributed by atoms with Gasteiger partial charge in [0.2, 0.25) is 0 Å². The zero-order valence-corrected chi connectivity index (χ0v) is 22.4. The first-order valence-corrected chi connectivity index (χ1v) is 12.8. The number of benzene rings is 2. The number of aromatic nitrogens is 2. The Hall–Kier alpha value is -4.07. The van der Waals surface area contributed by atoms with Crippen LogP contribution in [0, 0.1) is 6.92 Å². The van der Waals surface area contributed by atoms with Crippen LogP contribution in [0.2, 0.25) is 0 Å². The molecule has 1 aliphatic rings. The summed E-state index contributed by atoms with van der Waals surface area (Å²) in [4.78, 5) is 11.3. The molecular formula is C29H36N6O2. The summed E-state index contributed by atoms with van der Waals surface area (Å²) in [6.07, 6.45) is 11.4. The highest BCUT2D eigenvalue weighted by Gasteiger charge is 2.15. The summed E-state index contributed by atoms with van der Waals surface area (Å²) < 4.78 is 12.1. The van der Waals surface area contributed by atoms with E-state index in [4.69, 9.17) is 9.47 Å². The molecule has 0 aliphatic carbocycles. The van der Waals surface area contributed by atoms with Gasteiger partial charge in [0.05, 0.1) is 24.4 Å². The van der Waals surface area contributed by atoms with Gasteiger partial charge in [0.1, 0.15) is 29.4 Å². The molecule has 1 N–H and O–H groups in total. The Bertz CT molecular complexity index is 1320. The quantitative estimate of drug-likeness (QED) is 0.305. The first-order chi connectivity index (χ1) is 18.0. The molecule has 3 aromatic rings. The second-order valence-electron chi connectivity index (χ2n) is 8.89. The second-order valence-corrected chi connectivity index (χ2v) is 8.89. The van der Waals surface area contributed by atoms with Gasteiger partial charge in [-0.1, -0.05) is 13.3 Å². The number of anilines is 3. The standard InChI is InChI=1S/C29H36N6O2/c1-6-9-14-34(5)26-18-24-25(19-28(26)36-8-3)30-20-31-29(24)33-22-10-11-27(21(4)17-22)37-23-12-15-35(16-13-23)32-7-2/h7,10-13,15,17-20H,6,8-9,14,16H2,1-5H3,(H,30,31,33)/b32-7-. The Balaban J connectivity index is 1.57. The van der Waals surface area contributed by atoms with Crippen LogP contribution in [0.3, 0.4) is 0 Å². The third-order valence-electron chi connectivity index (χ3n) is 6.09. The monoisotopic (exact) mass is 500 g/mol. The average molecular weight is 501 g/mol. The van der Waals surface area contributed by atoms with Gasteiger partial charge in [0.25, 0.3) is 0 Å². The molecule has 0 amide bonds. The van der Waals surface area contributed by atoms with Gasteiger partial charge in [-0.15, -0.1) is 0 Å². The zero-order chi connectivity index (χ0) is 26.2. The van der Waals surface area contributed by atoms with Crippen molar-refractivity contribution >= 4 is 34.3 Å². The van der Waals surface area contributed by atoms with Gasteiger partial charge in [-0.2, -0.15) is 5.10 Å². The lowest BCUT2D eigenvalue weighted by Gasteiger charge is -2.23. The fourth-order valence-electron chi connectivity index (χ4n) is 4.14. The van der Waals surface area contributed by atoms with E-state index >= 15 is 0 Å². The summed E-state index contributed by atoms with van der Waals surface area (Å²) in [5.74, 6) is 3.20. The van der Waals surface area contributed by atoms with Gasteiger partial charge >= 0.3 is 0 Å². The molecule has 0 atom stereocenters. The van der Waals surface area contributed by atoms with Crippen molar-refractivity contribution in [3.05, 3.63) is 66.3 Å². The van der Waals surface area contributed by atoms with Crippen molar-refractivity contribution in [2.45, 2.75) is 40.5 Å². The van der Waals surface area contributed by atoms with E-state index in [1.807, 2.05) is 62.3 Å². The number of unbranched alkanes of at least 4 members (excludes halogenated alkanes) is 1. The average Bonchev–Trinajstić information content (AvgIpc) is 2.90. The van der Waals surface area contributed by atoms with Crippen LogP contribution in [-0.4, -0.2) is 47.9 Å². The van der Waals surface area contributed by atoms with Crippen molar-refractivity contribution in [1.82, 2.24) is 15.0 Å². The molecule has 0 bridgehead atoms. The van der Waals surface area contributed by atoms with Crippen molar-refractivity contribution in [2.75, 3.05) is 37.0 Å². The molecule has 37 heavy (non-hydrogen) atoms. The van der Waals surface area contributed by atoms with Gasteiger partial charge in [0.15, 0.2) is 0 Å². The number of hydrogen-bond donors (Lipinski definition) is 1. The lowest BCUT2D eigenvalue weighted by molar-refractivity contribution is 0.341. The lowest BCUT2D eigenvalue weighted by Crippen LogP contribution is -2.19. The van der Waals surface area contributed by atoms with E-state index in [2.05, 4.69) is 51.4 Å². The molecular weight excluding hydrogens is 464 g/mol. The van der Waals surface area contributed by atoms with E-state index in [0.29, 0.717) is 13.2 Å². The number of aryl methyl sites for hydroxylation is 1. The number of rotatable bonds is 11. The number of nitrogens with one attached hydrogen (secondary N) is 1. The zero-order valence-electron chi connectivity index (χ0n) is 22.4. The summed E-state index contributed by atoms with van der Waals surface area (Å²) in [7, 11) is 2.10. The highest BCUT2D eigenvalue weighted by molar-refractivity contribution is 5.95. The molecule has 1 aliphatic heterocycles. The van der Waals surface area contributed by atoms with Crippen molar-refractivity contribution in [3.8, 4) is 11.5 Å². The number of fused-ring (bicyclic) bond motifs is 1. The predicted octanol–water partition coefficient (Wildman–Crippen LogP) is 6.41. The first-order valence-electron chi connectivity index (χ1n) is 12.8. The van der Waals surface area contributed by atoms with E-state index in [1.54, 1.807) is 12.5 Å². The van der Waals surface area contributed by atoms with Crippen LogP contribution in [0.5, 0.6) is 11.5 Å². The summed E-state index contributed by atoms with van der Waals surface area (Å²) in [5.41, 5.74) is 3.82. The van der Waals surface area contributed by atoms with Crippen molar-refractivity contribution < 1.29 is 9.47 Å². The van der Waals surface area contributed by atoms with Crippen LogP contribution in [0.4, 0.5) is 17.2 Å². The fraction of sp³-hybridized carbons (Fsp3) is 0.345. The third-order valence-corrected chi connectivity index (χ3v) is 6.09. The summed E-state index contributed by atoms with van der Waals surface area (Å²) in [6, 6.07) is 10.2. The summed E-state index contributed by atoms with van der Waals surface area (Å²) in [5, 5.41) is 10.5. The molecule has 0 saturated carbocycles. The Morgan fingerprint density at radius 3 is 2.73 bits per heavy atom. The molecule has 8 nitrogen and oxygen atoms in total. The van der Waals surface area contributed by atoms with Crippen molar-refractivity contribution in [2.24, 2.45) is 5.10 Å². The lowest BCUT2D eigenvalue weighted by atomic mass is 10.1. The van der Waals surface area contributed by atoms with Crippen LogP contribution >= 0.6 is 0 Å². The number of hydrazone groups is 1. The highest BCUT2D eigenvalue weighted by Crippen LogP contribution is 2.36. The molecule has 2 heterocycles. The third kappa shape index (κ3) is 6.39. The van der Waals surface area contributed by atoms with Gasteiger partial charge < -0.3 is 19.7 Å². The van der Waals surface area contributed by atoms with Gasteiger partial charge in [-0.05, 0) is 69.2 Å². The van der Waals surface area contributed by atoms with E-state index in [1.165, 1.54) is 0 Å². The first kappa shape index (κ1) is 26.0. The molecule has 1 aromatic heterocycles. The number of nitrogens with zero attached hydrogens (tertiary/aromatic N) is 5. The minimum absolute atomic E-state index is 0.599. The van der Waals surface area contributed by atoms with E-state index in [9.17, 15) is 0 Å². The molecule has 8 heteroatoms. The maximum absolute atomic E-state index is 6.12. The van der Waals surface area contributed by atoms with Crippen LogP contribution < -0.4 is 19.7 Å². The molecule has 0 radical (unpaired) electrons. The number of ether oxygens (including phenoxy) is 2. The molecule has 2 aromatic carbocycles. The number of hydrogen-bond acceptors (Lipinski definition) is 8. The minimum atomic E-state index is 0.599. The summed E-state index contributed by atoms with van der Waals surface area (Å²) in [6.45, 7) is 10.4. The van der Waals surface area contributed by atoms with Crippen LogP contribution in [-0.2, 0) is 0 Å². The normalized spacial score (nSPS) is 13.2. The molecule has 0 spiro atoms. The van der Waals surface area contributed by atoms with Gasteiger partial charge in [-0.25, -0.2) is 9.97 Å². The molecule has 0 unspecified atom stereocenters. The van der Waals surface area contributed by atoms with Gasteiger partial charge in [0, 0.05) is 43.1 Å². The minimum Gasteiger partial charge on any atom is -0.492 e. The topological polar surface area (TPSA) is 75.1 Å². The maximum atomic E-state index is 6.12. The Labute approximate surface area is 219 Å². The van der Waals surface area contributed by atoms with Crippen molar-refractivity contribution in [3.63, 3.8) is 0 Å². The Morgan fingerprint density at radius 2 is 2.03 bits per heavy atom. The highest BCUT2D eigenvalue weighted by atomic mass is 16.5. The summed E-state index contributed by atoms with van der Waals surface area (Å²) >= 11 is 0. The smallest absolute Gasteiger partial charge is 0.144 e. The molecule has 0 saturated heterocycles. The van der Waals surface area contributed by atoms with E-state index in [-0.39, 0.29) is 0 Å². The SMILES string of the molecule is C/C=N\N1C=CC(Oc2ccc(Nc3ncnc4cc(OCC)c(N(C)CCCC)cc34)cc2C)=CC1. The molecule has 194 valence electrons. The van der Waals surface area contributed by atoms with Crippen LogP contribution in [0.1, 0.15) is 39.2 Å². The largest absolute Gasteiger partial charge is 0.492 e. The molecule has 4 rings (SSSR count). The van der Waals surface area contributed by atoms with E-state index < -0.39 is 0 Å². The maximum Gasteiger partial charge on any atom is 0.144 e. The Morgan fingerprint density at radius 1 is 1.16 bits per heavy atom. The van der Waals surface area contributed by atoms with Crippen molar-refractivity contribution in [1.29, 1.82) is 0 Å². The van der Waals surface area contributed by atoms with E-state index in [0.717, 1.165) is 70.3 Å².